The third-order valence-electron chi connectivity index (χ3n) is 6.46. The molecule has 24 heavy (non-hydrogen) atoms. The predicted molar refractivity (Wildman–Crippen MR) is 93.4 cm³/mol. The zero-order chi connectivity index (χ0) is 16.6. The first-order valence-electron chi connectivity index (χ1n) is 9.46. The maximum Gasteiger partial charge on any atom is 0.225 e. The number of fused-ring (bicyclic) bond motifs is 1. The van der Waals surface area contributed by atoms with E-state index in [-0.39, 0.29) is 24.0 Å². The molecule has 0 bridgehead atoms. The van der Waals surface area contributed by atoms with Gasteiger partial charge in [-0.1, -0.05) is 43.2 Å². The predicted octanol–water partition coefficient (Wildman–Crippen LogP) is 2.63. The van der Waals surface area contributed by atoms with E-state index in [0.717, 1.165) is 45.1 Å². The summed E-state index contributed by atoms with van der Waals surface area (Å²) < 4.78 is 0. The van der Waals surface area contributed by atoms with Crippen LogP contribution in [0.3, 0.4) is 0 Å². The van der Waals surface area contributed by atoms with Crippen molar-refractivity contribution in [3.05, 3.63) is 35.9 Å². The van der Waals surface area contributed by atoms with E-state index < -0.39 is 0 Å². The summed E-state index contributed by atoms with van der Waals surface area (Å²) in [6.07, 6.45) is 7.25. The van der Waals surface area contributed by atoms with Crippen molar-refractivity contribution in [2.24, 2.45) is 5.92 Å². The molecule has 1 saturated carbocycles. The molecule has 2 heterocycles. The SMILES string of the molecule is O=C(NC1(CO)CCCC1)[C@@H]1C[C@H](c2ccccc2)N2CCC[C@@H]12. The number of carbonyl (C=O) groups excluding carboxylic acids is 1. The van der Waals surface area contributed by atoms with Gasteiger partial charge < -0.3 is 10.4 Å². The Labute approximate surface area is 144 Å². The van der Waals surface area contributed by atoms with E-state index in [0.29, 0.717) is 12.1 Å². The summed E-state index contributed by atoms with van der Waals surface area (Å²) in [6, 6.07) is 11.3. The van der Waals surface area contributed by atoms with Gasteiger partial charge in [0.15, 0.2) is 0 Å². The number of amides is 1. The molecule has 3 atom stereocenters. The summed E-state index contributed by atoms with van der Waals surface area (Å²) in [6.45, 7) is 1.17. The Hall–Kier alpha value is -1.39. The Bertz CT molecular complexity index is 583. The summed E-state index contributed by atoms with van der Waals surface area (Å²) in [5.41, 5.74) is 0.975. The number of hydrogen-bond acceptors (Lipinski definition) is 3. The summed E-state index contributed by atoms with van der Waals surface area (Å²) in [7, 11) is 0. The van der Waals surface area contributed by atoms with Crippen LogP contribution >= 0.6 is 0 Å². The maximum atomic E-state index is 13.0. The van der Waals surface area contributed by atoms with Crippen LogP contribution in [0, 0.1) is 5.92 Å². The lowest BCUT2D eigenvalue weighted by molar-refractivity contribution is -0.128. The van der Waals surface area contributed by atoms with E-state index >= 15 is 0 Å². The summed E-state index contributed by atoms with van der Waals surface area (Å²) in [4.78, 5) is 15.6. The lowest BCUT2D eigenvalue weighted by Gasteiger charge is -2.30. The lowest BCUT2D eigenvalue weighted by Crippen LogP contribution is -2.52. The van der Waals surface area contributed by atoms with Gasteiger partial charge in [0.05, 0.1) is 18.1 Å². The van der Waals surface area contributed by atoms with Gasteiger partial charge in [-0.25, -0.2) is 0 Å². The van der Waals surface area contributed by atoms with Crippen LogP contribution in [0.1, 0.15) is 56.6 Å². The van der Waals surface area contributed by atoms with Crippen LogP contribution in [0.25, 0.3) is 0 Å². The average molecular weight is 328 g/mol. The highest BCUT2D eigenvalue weighted by Crippen LogP contribution is 2.45. The van der Waals surface area contributed by atoms with Gasteiger partial charge >= 0.3 is 0 Å². The van der Waals surface area contributed by atoms with Gasteiger partial charge in [0.1, 0.15) is 0 Å². The fourth-order valence-electron chi connectivity index (χ4n) is 5.18. The van der Waals surface area contributed by atoms with Crippen molar-refractivity contribution in [2.45, 2.75) is 62.6 Å². The normalized spacial score (nSPS) is 32.0. The topological polar surface area (TPSA) is 52.6 Å². The number of nitrogens with zero attached hydrogens (tertiary/aromatic N) is 1. The second-order valence-electron chi connectivity index (χ2n) is 7.85. The van der Waals surface area contributed by atoms with E-state index in [2.05, 4.69) is 40.5 Å². The first-order valence-corrected chi connectivity index (χ1v) is 9.46. The molecule has 3 aliphatic rings. The summed E-state index contributed by atoms with van der Waals surface area (Å²) in [5, 5.41) is 13.1. The van der Waals surface area contributed by atoms with Crippen molar-refractivity contribution < 1.29 is 9.90 Å². The van der Waals surface area contributed by atoms with E-state index in [1.54, 1.807) is 0 Å². The quantitative estimate of drug-likeness (QED) is 0.893. The van der Waals surface area contributed by atoms with Crippen LogP contribution in [0.15, 0.2) is 30.3 Å². The Morgan fingerprint density at radius 2 is 1.96 bits per heavy atom. The minimum absolute atomic E-state index is 0.0572. The van der Waals surface area contributed by atoms with Gasteiger partial charge in [-0.15, -0.1) is 0 Å². The van der Waals surface area contributed by atoms with Crippen LogP contribution in [0.2, 0.25) is 0 Å². The number of aliphatic hydroxyl groups is 1. The first-order chi connectivity index (χ1) is 11.7. The molecule has 4 rings (SSSR count). The third-order valence-corrected chi connectivity index (χ3v) is 6.46. The molecule has 0 aromatic heterocycles. The highest BCUT2D eigenvalue weighted by Gasteiger charge is 2.48. The molecule has 4 nitrogen and oxygen atoms in total. The second kappa shape index (κ2) is 6.49. The van der Waals surface area contributed by atoms with E-state index in [9.17, 15) is 9.90 Å². The maximum absolute atomic E-state index is 13.0. The van der Waals surface area contributed by atoms with Crippen LogP contribution in [0.5, 0.6) is 0 Å². The van der Waals surface area contributed by atoms with Gasteiger partial charge in [0.25, 0.3) is 0 Å². The average Bonchev–Trinajstić information content (AvgIpc) is 3.32. The standard InChI is InChI=1S/C20H28N2O2/c23-14-20(10-4-5-11-20)21-19(24)16-13-18(15-7-2-1-3-8-15)22-12-6-9-17(16)22/h1-3,7-8,16-18,23H,4-6,9-14H2,(H,21,24)/t16-,17+,18-/m1/s1. The molecule has 2 saturated heterocycles. The second-order valence-corrected chi connectivity index (χ2v) is 7.85. The molecule has 4 heteroatoms. The Morgan fingerprint density at radius 1 is 1.21 bits per heavy atom. The Kier molecular flexibility index (Phi) is 4.35. The zero-order valence-electron chi connectivity index (χ0n) is 14.3. The van der Waals surface area contributed by atoms with Crippen molar-refractivity contribution in [3.8, 4) is 0 Å². The van der Waals surface area contributed by atoms with Crippen molar-refractivity contribution >= 4 is 5.91 Å². The van der Waals surface area contributed by atoms with E-state index in [4.69, 9.17) is 0 Å². The number of hydrogen-bond donors (Lipinski definition) is 2. The van der Waals surface area contributed by atoms with Crippen molar-refractivity contribution in [3.63, 3.8) is 0 Å². The van der Waals surface area contributed by atoms with Crippen LogP contribution < -0.4 is 5.32 Å². The number of aliphatic hydroxyl groups excluding tert-OH is 1. The molecular formula is C20H28N2O2. The van der Waals surface area contributed by atoms with Crippen molar-refractivity contribution in [1.29, 1.82) is 0 Å². The van der Waals surface area contributed by atoms with Crippen LogP contribution in [0.4, 0.5) is 0 Å². The minimum Gasteiger partial charge on any atom is -0.394 e. The van der Waals surface area contributed by atoms with Crippen molar-refractivity contribution in [2.75, 3.05) is 13.2 Å². The fourth-order valence-corrected chi connectivity index (χ4v) is 5.18. The van der Waals surface area contributed by atoms with Gasteiger partial charge in [-0.2, -0.15) is 0 Å². The van der Waals surface area contributed by atoms with Crippen LogP contribution in [-0.2, 0) is 4.79 Å². The molecular weight excluding hydrogens is 300 g/mol. The number of benzene rings is 1. The van der Waals surface area contributed by atoms with Gasteiger partial charge in [-0.3, -0.25) is 9.69 Å². The molecule has 0 unspecified atom stereocenters. The summed E-state index contributed by atoms with van der Waals surface area (Å²) in [5.74, 6) is 0.225. The first kappa shape index (κ1) is 16.1. The highest BCUT2D eigenvalue weighted by atomic mass is 16.3. The van der Waals surface area contributed by atoms with E-state index in [1.807, 2.05) is 0 Å². The molecule has 2 N–H and O–H groups in total. The molecule has 130 valence electrons. The Morgan fingerprint density at radius 3 is 2.67 bits per heavy atom. The van der Waals surface area contributed by atoms with Gasteiger partial charge in [0.2, 0.25) is 5.91 Å². The molecule has 1 aromatic carbocycles. The van der Waals surface area contributed by atoms with Gasteiger partial charge in [-0.05, 0) is 44.2 Å². The lowest BCUT2D eigenvalue weighted by atomic mass is 9.91. The Balaban J connectivity index is 1.52. The number of nitrogens with one attached hydrogen (secondary N) is 1. The smallest absolute Gasteiger partial charge is 0.225 e. The molecule has 0 radical (unpaired) electrons. The molecule has 1 aromatic rings. The molecule has 0 spiro atoms. The number of rotatable bonds is 4. The largest absolute Gasteiger partial charge is 0.394 e. The molecule has 2 aliphatic heterocycles. The van der Waals surface area contributed by atoms with E-state index in [1.165, 1.54) is 12.0 Å². The number of carbonyl (C=O) groups is 1. The zero-order valence-corrected chi connectivity index (χ0v) is 14.3. The molecule has 3 fully saturated rings. The highest BCUT2D eigenvalue weighted by molar-refractivity contribution is 5.81. The van der Waals surface area contributed by atoms with Crippen molar-refractivity contribution in [1.82, 2.24) is 10.2 Å². The monoisotopic (exact) mass is 328 g/mol. The van der Waals surface area contributed by atoms with Gasteiger partial charge in [0, 0.05) is 12.1 Å². The molecule has 1 amide bonds. The fraction of sp³-hybridized carbons (Fsp3) is 0.650. The third kappa shape index (κ3) is 2.76. The molecule has 1 aliphatic carbocycles. The van der Waals surface area contributed by atoms with Crippen LogP contribution in [-0.4, -0.2) is 40.6 Å². The minimum atomic E-state index is -0.356. The summed E-state index contributed by atoms with van der Waals surface area (Å²) >= 11 is 0.